The summed E-state index contributed by atoms with van der Waals surface area (Å²) in [5.74, 6) is -0.199. The van der Waals surface area contributed by atoms with E-state index in [0.29, 0.717) is 12.1 Å². The summed E-state index contributed by atoms with van der Waals surface area (Å²) in [6.07, 6.45) is 0.761. The molecule has 0 aromatic heterocycles. The first kappa shape index (κ1) is 13.6. The summed E-state index contributed by atoms with van der Waals surface area (Å²) >= 11 is 0. The van der Waals surface area contributed by atoms with Crippen molar-refractivity contribution in [3.8, 4) is 11.1 Å². The average Bonchev–Trinajstić information content (AvgIpc) is 2.41. The van der Waals surface area contributed by atoms with Crippen molar-refractivity contribution in [2.45, 2.75) is 6.42 Å². The van der Waals surface area contributed by atoms with Crippen LogP contribution in [0, 0.1) is 5.82 Å². The number of nitrogens with two attached hydrogens (primary N) is 1. The Bertz CT molecular complexity index is 564. The van der Waals surface area contributed by atoms with Gasteiger partial charge >= 0.3 is 0 Å². The lowest BCUT2D eigenvalue weighted by molar-refractivity contribution is 0.630. The Balaban J connectivity index is 2.54. The third-order valence-electron chi connectivity index (χ3n) is 3.14. The standard InChI is InChI=1S/C16H19FN2/c1-19(2)16-6-4-3-5-13(16)14-11-12(9-10-18)7-8-15(14)17/h3-8,11H,9-10,18H2,1-2H3. The van der Waals surface area contributed by atoms with Crippen LogP contribution in [0.3, 0.4) is 0 Å². The van der Waals surface area contributed by atoms with Crippen molar-refractivity contribution in [2.75, 3.05) is 25.5 Å². The Morgan fingerprint density at radius 3 is 2.47 bits per heavy atom. The average molecular weight is 258 g/mol. The fraction of sp³-hybridized carbons (Fsp3) is 0.250. The van der Waals surface area contributed by atoms with Gasteiger partial charge in [0.15, 0.2) is 0 Å². The zero-order valence-corrected chi connectivity index (χ0v) is 11.4. The van der Waals surface area contributed by atoms with Crippen molar-refractivity contribution >= 4 is 5.69 Å². The van der Waals surface area contributed by atoms with Gasteiger partial charge in [0.2, 0.25) is 0 Å². The van der Waals surface area contributed by atoms with E-state index in [4.69, 9.17) is 5.73 Å². The summed E-state index contributed by atoms with van der Waals surface area (Å²) in [6, 6.07) is 13.0. The zero-order chi connectivity index (χ0) is 13.8. The molecule has 0 radical (unpaired) electrons. The Hall–Kier alpha value is -1.87. The Morgan fingerprint density at radius 2 is 1.79 bits per heavy atom. The van der Waals surface area contributed by atoms with Crippen LogP contribution in [0.5, 0.6) is 0 Å². The first-order valence-electron chi connectivity index (χ1n) is 6.38. The van der Waals surface area contributed by atoms with Gasteiger partial charge in [-0.2, -0.15) is 0 Å². The molecular weight excluding hydrogens is 239 g/mol. The van der Waals surface area contributed by atoms with Gasteiger partial charge in [0.1, 0.15) is 5.82 Å². The number of para-hydroxylation sites is 1. The number of benzene rings is 2. The molecule has 2 N–H and O–H groups in total. The Labute approximate surface area is 113 Å². The predicted octanol–water partition coefficient (Wildman–Crippen LogP) is 3.06. The van der Waals surface area contributed by atoms with Crippen LogP contribution < -0.4 is 10.6 Å². The van der Waals surface area contributed by atoms with Gasteiger partial charge < -0.3 is 10.6 Å². The lowest BCUT2D eigenvalue weighted by Gasteiger charge is -2.18. The molecule has 0 fully saturated rings. The van der Waals surface area contributed by atoms with E-state index < -0.39 is 0 Å². The smallest absolute Gasteiger partial charge is 0.131 e. The van der Waals surface area contributed by atoms with Crippen molar-refractivity contribution in [1.29, 1.82) is 0 Å². The van der Waals surface area contributed by atoms with Gasteiger partial charge in [0.25, 0.3) is 0 Å². The summed E-state index contributed by atoms with van der Waals surface area (Å²) < 4.78 is 14.1. The number of hydrogen-bond donors (Lipinski definition) is 1. The lowest BCUT2D eigenvalue weighted by Crippen LogP contribution is -2.10. The highest BCUT2D eigenvalue weighted by molar-refractivity contribution is 5.79. The number of nitrogens with zero attached hydrogens (tertiary/aromatic N) is 1. The second-order valence-electron chi connectivity index (χ2n) is 4.76. The van der Waals surface area contributed by atoms with Crippen LogP contribution in [0.2, 0.25) is 0 Å². The summed E-state index contributed by atoms with van der Waals surface area (Å²) in [5.41, 5.74) is 9.17. The highest BCUT2D eigenvalue weighted by Crippen LogP contribution is 2.32. The first-order chi connectivity index (χ1) is 9.13. The molecule has 0 atom stereocenters. The van der Waals surface area contributed by atoms with Crippen LogP contribution in [0.15, 0.2) is 42.5 Å². The van der Waals surface area contributed by atoms with E-state index in [-0.39, 0.29) is 5.82 Å². The molecule has 0 spiro atoms. The molecule has 2 aromatic rings. The topological polar surface area (TPSA) is 29.3 Å². The minimum atomic E-state index is -0.199. The van der Waals surface area contributed by atoms with E-state index in [1.54, 1.807) is 6.07 Å². The Morgan fingerprint density at radius 1 is 1.05 bits per heavy atom. The molecular formula is C16H19FN2. The number of rotatable bonds is 4. The molecule has 2 nitrogen and oxygen atoms in total. The fourth-order valence-corrected chi connectivity index (χ4v) is 2.19. The molecule has 0 bridgehead atoms. The predicted molar refractivity (Wildman–Crippen MR) is 78.9 cm³/mol. The van der Waals surface area contributed by atoms with Gasteiger partial charge in [-0.05, 0) is 36.7 Å². The summed E-state index contributed by atoms with van der Waals surface area (Å²) in [4.78, 5) is 1.99. The number of hydrogen-bond acceptors (Lipinski definition) is 2. The summed E-state index contributed by atoms with van der Waals surface area (Å²) in [7, 11) is 3.92. The van der Waals surface area contributed by atoms with E-state index >= 15 is 0 Å². The van der Waals surface area contributed by atoms with Crippen molar-refractivity contribution in [2.24, 2.45) is 5.73 Å². The van der Waals surface area contributed by atoms with Gasteiger partial charge in [0.05, 0.1) is 0 Å². The third kappa shape index (κ3) is 2.93. The van der Waals surface area contributed by atoms with E-state index in [2.05, 4.69) is 0 Å². The van der Waals surface area contributed by atoms with Crippen LogP contribution in [-0.2, 0) is 6.42 Å². The largest absolute Gasteiger partial charge is 0.377 e. The monoisotopic (exact) mass is 258 g/mol. The summed E-state index contributed by atoms with van der Waals surface area (Å²) in [5, 5.41) is 0. The minimum absolute atomic E-state index is 0.199. The fourth-order valence-electron chi connectivity index (χ4n) is 2.19. The zero-order valence-electron chi connectivity index (χ0n) is 11.4. The molecule has 0 saturated heterocycles. The van der Waals surface area contributed by atoms with E-state index in [0.717, 1.165) is 23.2 Å². The molecule has 3 heteroatoms. The maximum atomic E-state index is 14.1. The van der Waals surface area contributed by atoms with E-state index in [1.807, 2.05) is 49.3 Å². The Kier molecular flexibility index (Phi) is 4.17. The normalized spacial score (nSPS) is 10.5. The van der Waals surface area contributed by atoms with Crippen molar-refractivity contribution < 1.29 is 4.39 Å². The molecule has 0 aliphatic heterocycles. The van der Waals surface area contributed by atoms with Crippen LogP contribution in [-0.4, -0.2) is 20.6 Å². The molecule has 100 valence electrons. The summed E-state index contributed by atoms with van der Waals surface area (Å²) in [6.45, 7) is 0.570. The van der Waals surface area contributed by atoms with Gasteiger partial charge in [-0.15, -0.1) is 0 Å². The van der Waals surface area contributed by atoms with Crippen molar-refractivity contribution in [3.63, 3.8) is 0 Å². The third-order valence-corrected chi connectivity index (χ3v) is 3.14. The highest BCUT2D eigenvalue weighted by Gasteiger charge is 2.11. The molecule has 19 heavy (non-hydrogen) atoms. The second kappa shape index (κ2) is 5.85. The molecule has 2 aromatic carbocycles. The molecule has 2 rings (SSSR count). The lowest BCUT2D eigenvalue weighted by atomic mass is 9.99. The van der Waals surface area contributed by atoms with Crippen LogP contribution in [0.1, 0.15) is 5.56 Å². The molecule has 0 heterocycles. The quantitative estimate of drug-likeness (QED) is 0.913. The molecule has 0 aliphatic carbocycles. The SMILES string of the molecule is CN(C)c1ccccc1-c1cc(CCN)ccc1F. The van der Waals surface area contributed by atoms with Gasteiger partial charge in [0, 0.05) is 30.9 Å². The van der Waals surface area contributed by atoms with Crippen LogP contribution in [0.25, 0.3) is 11.1 Å². The van der Waals surface area contributed by atoms with Crippen molar-refractivity contribution in [1.82, 2.24) is 0 Å². The maximum Gasteiger partial charge on any atom is 0.131 e. The van der Waals surface area contributed by atoms with Crippen LogP contribution in [0.4, 0.5) is 10.1 Å². The minimum Gasteiger partial charge on any atom is -0.377 e. The van der Waals surface area contributed by atoms with E-state index in [9.17, 15) is 4.39 Å². The van der Waals surface area contributed by atoms with Gasteiger partial charge in [-0.3, -0.25) is 0 Å². The molecule has 0 saturated carbocycles. The molecule has 0 aliphatic rings. The molecule has 0 amide bonds. The second-order valence-corrected chi connectivity index (χ2v) is 4.76. The maximum absolute atomic E-state index is 14.1. The van der Waals surface area contributed by atoms with Crippen LogP contribution >= 0.6 is 0 Å². The first-order valence-corrected chi connectivity index (χ1v) is 6.38. The highest BCUT2D eigenvalue weighted by atomic mass is 19.1. The van der Waals surface area contributed by atoms with Gasteiger partial charge in [-0.25, -0.2) is 4.39 Å². The van der Waals surface area contributed by atoms with E-state index in [1.165, 1.54) is 6.07 Å². The van der Waals surface area contributed by atoms with Gasteiger partial charge in [-0.1, -0.05) is 24.3 Å². The van der Waals surface area contributed by atoms with Crippen molar-refractivity contribution in [3.05, 3.63) is 53.8 Å². The number of halogens is 1. The molecule has 0 unspecified atom stereocenters. The number of anilines is 1.